The maximum absolute atomic E-state index is 12.2. The van der Waals surface area contributed by atoms with Gasteiger partial charge in [-0.2, -0.15) is 0 Å². The Kier molecular flexibility index (Phi) is 4.05. The second-order valence-electron chi connectivity index (χ2n) is 3.98. The lowest BCUT2D eigenvalue weighted by molar-refractivity contribution is 0.102. The molecule has 6 heteroatoms. The standard InChI is InChI=1S/C14H15N3O3/c1-19-9-3-4-11(15)12(7-9)17-14(18)10-5-6-16-8-13(10)20-2/h3-8H,15H2,1-2H3,(H,17,18). The number of nitrogen functional groups attached to an aromatic ring is 1. The molecule has 3 N–H and O–H groups in total. The van der Waals surface area contributed by atoms with E-state index in [0.717, 1.165) is 0 Å². The first-order valence-corrected chi connectivity index (χ1v) is 5.88. The third-order valence-corrected chi connectivity index (χ3v) is 2.76. The van der Waals surface area contributed by atoms with Crippen molar-refractivity contribution in [3.63, 3.8) is 0 Å². The van der Waals surface area contributed by atoms with Crippen molar-refractivity contribution in [2.24, 2.45) is 0 Å². The third-order valence-electron chi connectivity index (χ3n) is 2.76. The lowest BCUT2D eigenvalue weighted by Crippen LogP contribution is -2.14. The van der Waals surface area contributed by atoms with E-state index in [1.165, 1.54) is 19.5 Å². The largest absolute Gasteiger partial charge is 0.497 e. The van der Waals surface area contributed by atoms with E-state index >= 15 is 0 Å². The highest BCUT2D eigenvalue weighted by Gasteiger charge is 2.13. The molecule has 1 aromatic heterocycles. The Balaban J connectivity index is 2.27. The number of amides is 1. The zero-order valence-electron chi connectivity index (χ0n) is 11.2. The summed E-state index contributed by atoms with van der Waals surface area (Å²) in [5, 5.41) is 2.72. The van der Waals surface area contributed by atoms with E-state index < -0.39 is 0 Å². The average molecular weight is 273 g/mol. The molecule has 2 rings (SSSR count). The van der Waals surface area contributed by atoms with Crippen LogP contribution in [0.1, 0.15) is 10.4 Å². The van der Waals surface area contributed by atoms with E-state index in [-0.39, 0.29) is 5.91 Å². The number of hydrogen-bond donors (Lipinski definition) is 2. The summed E-state index contributed by atoms with van der Waals surface area (Å²) in [7, 11) is 3.02. The number of methoxy groups -OCH3 is 2. The number of hydrogen-bond acceptors (Lipinski definition) is 5. The molecule has 1 aromatic carbocycles. The molecule has 2 aromatic rings. The molecule has 0 unspecified atom stereocenters. The van der Waals surface area contributed by atoms with Crippen LogP contribution in [0.5, 0.6) is 11.5 Å². The number of anilines is 2. The molecular weight excluding hydrogens is 258 g/mol. The van der Waals surface area contributed by atoms with E-state index in [2.05, 4.69) is 10.3 Å². The van der Waals surface area contributed by atoms with E-state index in [9.17, 15) is 4.79 Å². The van der Waals surface area contributed by atoms with Gasteiger partial charge in [0.15, 0.2) is 0 Å². The van der Waals surface area contributed by atoms with Gasteiger partial charge in [0.25, 0.3) is 5.91 Å². The lowest BCUT2D eigenvalue weighted by atomic mass is 10.2. The molecule has 20 heavy (non-hydrogen) atoms. The molecule has 0 atom stereocenters. The van der Waals surface area contributed by atoms with E-state index in [1.807, 2.05) is 0 Å². The third kappa shape index (κ3) is 2.80. The van der Waals surface area contributed by atoms with Crippen molar-refractivity contribution < 1.29 is 14.3 Å². The van der Waals surface area contributed by atoms with Crippen molar-refractivity contribution in [1.29, 1.82) is 0 Å². The van der Waals surface area contributed by atoms with Crippen molar-refractivity contribution in [3.8, 4) is 11.5 Å². The Labute approximate surface area is 116 Å². The van der Waals surface area contributed by atoms with Gasteiger partial charge in [-0.25, -0.2) is 0 Å². The summed E-state index contributed by atoms with van der Waals surface area (Å²) in [4.78, 5) is 16.1. The second kappa shape index (κ2) is 5.92. The Bertz CT molecular complexity index is 629. The van der Waals surface area contributed by atoms with Crippen molar-refractivity contribution in [1.82, 2.24) is 4.98 Å². The minimum Gasteiger partial charge on any atom is -0.497 e. The molecule has 0 bridgehead atoms. The van der Waals surface area contributed by atoms with Crippen LogP contribution >= 0.6 is 0 Å². The first kappa shape index (κ1) is 13.7. The summed E-state index contributed by atoms with van der Waals surface area (Å²) in [5.74, 6) is 0.673. The highest BCUT2D eigenvalue weighted by atomic mass is 16.5. The summed E-state index contributed by atoms with van der Waals surface area (Å²) >= 11 is 0. The number of nitrogens with one attached hydrogen (secondary N) is 1. The zero-order valence-corrected chi connectivity index (χ0v) is 11.2. The highest BCUT2D eigenvalue weighted by Crippen LogP contribution is 2.26. The smallest absolute Gasteiger partial charge is 0.259 e. The van der Waals surface area contributed by atoms with Crippen molar-refractivity contribution in [3.05, 3.63) is 42.2 Å². The van der Waals surface area contributed by atoms with Crippen LogP contribution in [-0.2, 0) is 0 Å². The van der Waals surface area contributed by atoms with Crippen LogP contribution < -0.4 is 20.5 Å². The van der Waals surface area contributed by atoms with Crippen molar-refractivity contribution in [2.45, 2.75) is 0 Å². The topological polar surface area (TPSA) is 86.5 Å². The molecule has 0 fully saturated rings. The minimum atomic E-state index is -0.329. The number of rotatable bonds is 4. The number of ether oxygens (including phenoxy) is 2. The van der Waals surface area contributed by atoms with Crippen LogP contribution in [0.25, 0.3) is 0 Å². The highest BCUT2D eigenvalue weighted by molar-refractivity contribution is 6.07. The van der Waals surface area contributed by atoms with Gasteiger partial charge >= 0.3 is 0 Å². The molecule has 1 amide bonds. The molecule has 0 aliphatic rings. The Morgan fingerprint density at radius 1 is 1.25 bits per heavy atom. The lowest BCUT2D eigenvalue weighted by Gasteiger charge is -2.11. The maximum atomic E-state index is 12.2. The Hall–Kier alpha value is -2.76. The van der Waals surface area contributed by atoms with Crippen molar-refractivity contribution >= 4 is 17.3 Å². The maximum Gasteiger partial charge on any atom is 0.259 e. The average Bonchev–Trinajstić information content (AvgIpc) is 2.49. The number of nitrogens with two attached hydrogens (primary N) is 1. The summed E-state index contributed by atoms with van der Waals surface area (Å²) in [6, 6.07) is 6.61. The normalized spacial score (nSPS) is 9.90. The summed E-state index contributed by atoms with van der Waals surface area (Å²) in [5.41, 5.74) is 7.14. The number of pyridine rings is 1. The number of carbonyl (C=O) groups excluding carboxylic acids is 1. The quantitative estimate of drug-likeness (QED) is 0.831. The second-order valence-corrected chi connectivity index (χ2v) is 3.98. The summed E-state index contributed by atoms with van der Waals surface area (Å²) < 4.78 is 10.2. The Morgan fingerprint density at radius 3 is 2.75 bits per heavy atom. The molecule has 104 valence electrons. The molecule has 0 aliphatic heterocycles. The Morgan fingerprint density at radius 2 is 2.05 bits per heavy atom. The first-order valence-electron chi connectivity index (χ1n) is 5.88. The number of nitrogens with zero attached hydrogens (tertiary/aromatic N) is 1. The van der Waals surface area contributed by atoms with Crippen LogP contribution in [0.3, 0.4) is 0 Å². The fraction of sp³-hybridized carbons (Fsp3) is 0.143. The van der Waals surface area contributed by atoms with Gasteiger partial charge in [-0.15, -0.1) is 0 Å². The minimum absolute atomic E-state index is 0.329. The SMILES string of the molecule is COc1ccc(N)c(NC(=O)c2ccncc2OC)c1. The number of benzene rings is 1. The molecular formula is C14H15N3O3. The molecule has 0 spiro atoms. The van der Waals surface area contributed by atoms with Gasteiger partial charge < -0.3 is 20.5 Å². The molecule has 0 saturated carbocycles. The first-order chi connectivity index (χ1) is 9.65. The fourth-order valence-corrected chi connectivity index (χ4v) is 1.69. The summed E-state index contributed by atoms with van der Waals surface area (Å²) in [6.07, 6.45) is 3.00. The van der Waals surface area contributed by atoms with Gasteiger partial charge in [0.05, 0.1) is 37.4 Å². The molecule has 0 aliphatic carbocycles. The van der Waals surface area contributed by atoms with E-state index in [1.54, 1.807) is 31.4 Å². The zero-order chi connectivity index (χ0) is 14.5. The van der Waals surface area contributed by atoms with Crippen LogP contribution in [0.15, 0.2) is 36.7 Å². The van der Waals surface area contributed by atoms with Gasteiger partial charge in [0.1, 0.15) is 11.5 Å². The molecule has 1 heterocycles. The van der Waals surface area contributed by atoms with Crippen LogP contribution in [0.4, 0.5) is 11.4 Å². The number of aromatic nitrogens is 1. The number of carbonyl (C=O) groups is 1. The fourth-order valence-electron chi connectivity index (χ4n) is 1.69. The van der Waals surface area contributed by atoms with Gasteiger partial charge in [-0.05, 0) is 18.2 Å². The van der Waals surface area contributed by atoms with Gasteiger partial charge in [0, 0.05) is 12.3 Å². The molecule has 0 saturated heterocycles. The monoisotopic (exact) mass is 273 g/mol. The van der Waals surface area contributed by atoms with Gasteiger partial charge in [-0.3, -0.25) is 9.78 Å². The van der Waals surface area contributed by atoms with Gasteiger partial charge in [0.2, 0.25) is 0 Å². The van der Waals surface area contributed by atoms with Crippen molar-refractivity contribution in [2.75, 3.05) is 25.3 Å². The van der Waals surface area contributed by atoms with Gasteiger partial charge in [-0.1, -0.05) is 0 Å². The van der Waals surface area contributed by atoms with E-state index in [0.29, 0.717) is 28.4 Å². The predicted molar refractivity (Wildman–Crippen MR) is 76.1 cm³/mol. The van der Waals surface area contributed by atoms with Crippen LogP contribution in [0.2, 0.25) is 0 Å². The van der Waals surface area contributed by atoms with Crippen LogP contribution in [0, 0.1) is 0 Å². The van der Waals surface area contributed by atoms with E-state index in [4.69, 9.17) is 15.2 Å². The molecule has 6 nitrogen and oxygen atoms in total. The molecule has 0 radical (unpaired) electrons. The van der Waals surface area contributed by atoms with Crippen LogP contribution in [-0.4, -0.2) is 25.1 Å². The predicted octanol–water partition coefficient (Wildman–Crippen LogP) is 1.93. The summed E-state index contributed by atoms with van der Waals surface area (Å²) in [6.45, 7) is 0.